The van der Waals surface area contributed by atoms with Crippen LogP contribution in [0, 0.1) is 11.3 Å². The van der Waals surface area contributed by atoms with Crippen molar-refractivity contribution in [3.63, 3.8) is 0 Å². The van der Waals surface area contributed by atoms with E-state index < -0.39 is 50.0 Å². The number of carbonyl (C=O) groups excluding carboxylic acids is 1. The van der Waals surface area contributed by atoms with Crippen LogP contribution in [0.5, 0.6) is 5.75 Å². The number of H-pyrrole nitrogens is 1. The Balaban J connectivity index is 1.41. The fraction of sp³-hybridized carbons (Fsp3) is 0.360. The van der Waals surface area contributed by atoms with Gasteiger partial charge in [0.05, 0.1) is 63.7 Å². The van der Waals surface area contributed by atoms with E-state index in [1.54, 1.807) is 54.9 Å². The minimum absolute atomic E-state index is 0.0473. The summed E-state index contributed by atoms with van der Waals surface area (Å²) in [4.78, 5) is 45.9. The monoisotopic (exact) mass is 928 g/mol. The smallest absolute Gasteiger partial charge is 0.338 e. The minimum Gasteiger partial charge on any atom is -0.497 e. The fourth-order valence-corrected chi connectivity index (χ4v) is 9.95. The molecule has 0 amide bonds. The maximum absolute atomic E-state index is 14.4. The number of nitrogens with zero attached hydrogens (tertiary/aromatic N) is 7. The number of methoxy groups -OCH3 is 1. The maximum atomic E-state index is 14.4. The molecule has 1 N–H and O–H groups in total. The Kier molecular flexibility index (Phi) is 16.3. The van der Waals surface area contributed by atoms with Crippen LogP contribution in [0.25, 0.3) is 11.2 Å². The third kappa shape index (κ3) is 11.1. The number of hydrogen-bond donors (Lipinski definition) is 1. The Bertz CT molecular complexity index is 2610. The molecular formula is C50H57N8O8P. The summed E-state index contributed by atoms with van der Waals surface area (Å²) in [5.41, 5.74) is 1.41. The molecule has 5 atom stereocenters. The molecule has 0 bridgehead atoms. The summed E-state index contributed by atoms with van der Waals surface area (Å²) < 4.78 is 44.1. The molecule has 67 heavy (non-hydrogen) atoms. The molecule has 0 radical (unpaired) electrons. The first-order valence-corrected chi connectivity index (χ1v) is 23.3. The van der Waals surface area contributed by atoms with Gasteiger partial charge < -0.3 is 37.5 Å². The van der Waals surface area contributed by atoms with Gasteiger partial charge >= 0.3 is 5.97 Å². The number of aliphatic imine (C=N–C) groups is 1. The Morgan fingerprint density at radius 1 is 0.940 bits per heavy atom. The highest BCUT2D eigenvalue weighted by atomic mass is 31.2. The predicted molar refractivity (Wildman–Crippen MR) is 256 cm³/mol. The molecule has 3 heterocycles. The largest absolute Gasteiger partial charge is 0.497 e. The lowest BCUT2D eigenvalue weighted by Gasteiger charge is -2.46. The summed E-state index contributed by atoms with van der Waals surface area (Å²) in [7, 11) is 3.27. The van der Waals surface area contributed by atoms with Crippen molar-refractivity contribution < 1.29 is 32.8 Å². The van der Waals surface area contributed by atoms with Crippen LogP contribution < -0.4 is 10.3 Å². The quantitative estimate of drug-likeness (QED) is 0.0194. The number of ether oxygens (including phenoxy) is 4. The van der Waals surface area contributed by atoms with Crippen LogP contribution in [-0.4, -0.2) is 113 Å². The third-order valence-electron chi connectivity index (χ3n) is 11.2. The van der Waals surface area contributed by atoms with Gasteiger partial charge in [0.2, 0.25) is 5.95 Å². The molecular weight excluding hydrogens is 872 g/mol. The number of rotatable bonds is 20. The summed E-state index contributed by atoms with van der Waals surface area (Å²) in [6.45, 7) is 8.13. The van der Waals surface area contributed by atoms with Gasteiger partial charge in [-0.15, -0.1) is 0 Å². The van der Waals surface area contributed by atoms with Crippen molar-refractivity contribution in [2.24, 2.45) is 4.99 Å². The van der Waals surface area contributed by atoms with Crippen LogP contribution >= 0.6 is 8.53 Å². The highest BCUT2D eigenvalue weighted by Crippen LogP contribution is 2.50. The van der Waals surface area contributed by atoms with Gasteiger partial charge in [-0.05, 0) is 68.7 Å². The van der Waals surface area contributed by atoms with Crippen molar-refractivity contribution in [2.45, 2.75) is 76.2 Å². The second kappa shape index (κ2) is 22.5. The molecule has 7 rings (SSSR count). The lowest BCUT2D eigenvalue weighted by atomic mass is 9.80. The number of aromatic nitrogens is 4. The van der Waals surface area contributed by atoms with Crippen molar-refractivity contribution in [1.82, 2.24) is 29.1 Å². The summed E-state index contributed by atoms with van der Waals surface area (Å²) in [5.74, 6) is 0.122. The van der Waals surface area contributed by atoms with E-state index >= 15 is 0 Å². The second-order valence-corrected chi connectivity index (χ2v) is 18.1. The van der Waals surface area contributed by atoms with Gasteiger partial charge in [0, 0.05) is 26.2 Å². The molecule has 1 fully saturated rings. The van der Waals surface area contributed by atoms with E-state index in [2.05, 4.69) is 25.7 Å². The molecule has 1 aliphatic rings. The average molecular weight is 929 g/mol. The molecule has 0 spiro atoms. The van der Waals surface area contributed by atoms with Crippen molar-refractivity contribution in [2.75, 3.05) is 41.0 Å². The zero-order valence-electron chi connectivity index (χ0n) is 38.8. The topological polar surface area (TPSA) is 179 Å². The molecule has 4 aromatic carbocycles. The first-order valence-electron chi connectivity index (χ1n) is 22.1. The van der Waals surface area contributed by atoms with Gasteiger partial charge in [-0.1, -0.05) is 91.0 Å². The Labute approximate surface area is 392 Å². The number of imidazole rings is 1. The van der Waals surface area contributed by atoms with Gasteiger partial charge in [0.15, 0.2) is 17.3 Å². The van der Waals surface area contributed by atoms with Crippen LogP contribution in [0.15, 0.2) is 131 Å². The summed E-state index contributed by atoms with van der Waals surface area (Å²) >= 11 is 0. The number of esters is 1. The molecule has 17 heteroatoms. The Morgan fingerprint density at radius 3 is 2.13 bits per heavy atom. The molecule has 0 saturated carbocycles. The number of hydrogen-bond acceptors (Lipinski definition) is 13. The van der Waals surface area contributed by atoms with E-state index in [0.717, 1.165) is 16.7 Å². The van der Waals surface area contributed by atoms with E-state index in [1.165, 1.54) is 12.7 Å². The molecule has 6 aromatic rings. The van der Waals surface area contributed by atoms with Crippen molar-refractivity contribution in [1.29, 1.82) is 5.26 Å². The van der Waals surface area contributed by atoms with E-state index in [1.807, 2.05) is 119 Å². The molecule has 350 valence electrons. The number of aromatic amines is 1. The number of nitrogens with one attached hydrogen (secondary N) is 1. The molecule has 16 nitrogen and oxygen atoms in total. The molecule has 1 aliphatic heterocycles. The van der Waals surface area contributed by atoms with Crippen LogP contribution in [0.2, 0.25) is 0 Å². The standard InChI is InChI=1S/C50H57N8O8P/c1-34(2)58(35(3)4)67(64-29-17-28-51)66-45-42(31-63-50(37-20-13-9-14-21-37,38-22-15-10-16-23-38)39-24-26-40(61-7)27-25-39)62-30-41(44(45)65-48(60)36-18-11-8-12-19-36)57-33-52-43-46(57)54-49(55-47(43)59)53-32-56(5)6/h8-16,18-27,32-35,41-42,44-45H,17,29-31H2,1-7H3,(H,54,55,59)/b53-32+/t41-,42-,44+,45-,67?/m1/s1. The van der Waals surface area contributed by atoms with Crippen molar-refractivity contribution in [3.8, 4) is 11.8 Å². The average Bonchev–Trinajstić information content (AvgIpc) is 3.77. The zero-order chi connectivity index (χ0) is 47.5. The van der Waals surface area contributed by atoms with Crippen LogP contribution in [0.4, 0.5) is 5.95 Å². The second-order valence-electron chi connectivity index (χ2n) is 16.7. The van der Waals surface area contributed by atoms with Crippen LogP contribution in [0.3, 0.4) is 0 Å². The normalized spacial score (nSPS) is 18.1. The van der Waals surface area contributed by atoms with Gasteiger partial charge in [-0.3, -0.25) is 9.78 Å². The SMILES string of the molecule is COc1ccc(C(OC[C@H]2OC[C@@H](n3cnc4c(=O)[nH]c(/N=C/N(C)C)nc43)[C@H](OC(=O)c3ccccc3)[C@@H]2OP(OCCC#N)N(C(C)C)C(C)C)(c2ccccc2)c2ccccc2)cc1. The van der Waals surface area contributed by atoms with Crippen LogP contribution in [0.1, 0.15) is 67.2 Å². The highest BCUT2D eigenvalue weighted by Gasteiger charge is 2.50. The van der Waals surface area contributed by atoms with E-state index in [0.29, 0.717) is 11.3 Å². The minimum atomic E-state index is -1.96. The van der Waals surface area contributed by atoms with Gasteiger partial charge in [-0.25, -0.2) is 19.4 Å². The highest BCUT2D eigenvalue weighted by molar-refractivity contribution is 7.44. The van der Waals surface area contributed by atoms with Crippen molar-refractivity contribution in [3.05, 3.63) is 154 Å². The summed E-state index contributed by atoms with van der Waals surface area (Å²) in [6, 6.07) is 37.5. The lowest BCUT2D eigenvalue weighted by Crippen LogP contribution is -2.56. The Hall–Kier alpha value is -6.31. The number of fused-ring (bicyclic) bond motifs is 1. The molecule has 1 saturated heterocycles. The zero-order valence-corrected chi connectivity index (χ0v) is 39.7. The summed E-state index contributed by atoms with van der Waals surface area (Å²) in [5, 5.41) is 9.60. The lowest BCUT2D eigenvalue weighted by molar-refractivity contribution is -0.179. The first-order chi connectivity index (χ1) is 32.4. The molecule has 2 aromatic heterocycles. The molecule has 0 aliphatic carbocycles. The predicted octanol–water partition coefficient (Wildman–Crippen LogP) is 8.18. The van der Waals surface area contributed by atoms with Gasteiger partial charge in [0.25, 0.3) is 14.1 Å². The number of carbonyl (C=O) groups is 1. The number of nitriles is 1. The van der Waals surface area contributed by atoms with Gasteiger partial charge in [-0.2, -0.15) is 10.2 Å². The van der Waals surface area contributed by atoms with Crippen LogP contribution in [-0.2, 0) is 28.9 Å². The third-order valence-corrected chi connectivity index (χ3v) is 13.3. The van der Waals surface area contributed by atoms with Gasteiger partial charge in [0.1, 0.15) is 23.6 Å². The maximum Gasteiger partial charge on any atom is 0.338 e. The first kappa shape index (κ1) is 48.6. The summed E-state index contributed by atoms with van der Waals surface area (Å²) in [6.07, 6.45) is -0.00591. The Morgan fingerprint density at radius 2 is 1.55 bits per heavy atom. The van der Waals surface area contributed by atoms with E-state index in [-0.39, 0.29) is 55.4 Å². The molecule has 1 unspecified atom stereocenters. The fourth-order valence-electron chi connectivity index (χ4n) is 8.18. The van der Waals surface area contributed by atoms with E-state index in [9.17, 15) is 14.9 Å². The number of benzene rings is 4. The van der Waals surface area contributed by atoms with Crippen molar-refractivity contribution >= 4 is 37.9 Å². The van der Waals surface area contributed by atoms with E-state index in [4.69, 9.17) is 33.0 Å².